The van der Waals surface area contributed by atoms with E-state index in [-0.39, 0.29) is 5.56 Å². The normalized spacial score (nSPS) is 16.9. The van der Waals surface area contributed by atoms with Crippen LogP contribution < -0.4 is 15.0 Å². The molecule has 0 saturated heterocycles. The largest absolute Gasteiger partial charge is 0.486 e. The number of fused-ring (bicyclic) bond motifs is 3. The third-order valence-electron chi connectivity index (χ3n) is 4.72. The second-order valence-corrected chi connectivity index (χ2v) is 6.81. The Bertz CT molecular complexity index is 1130. The van der Waals surface area contributed by atoms with Gasteiger partial charge in [0.1, 0.15) is 19.0 Å². The summed E-state index contributed by atoms with van der Waals surface area (Å²) in [7, 11) is 0. The van der Waals surface area contributed by atoms with Crippen LogP contribution in [0, 0.1) is 0 Å². The Kier molecular flexibility index (Phi) is 3.50. The lowest BCUT2D eigenvalue weighted by atomic mass is 10.1. The number of aromatic nitrogens is 2. The molecule has 3 aromatic rings. The van der Waals surface area contributed by atoms with Gasteiger partial charge in [0.05, 0.1) is 10.9 Å². The first kappa shape index (κ1) is 15.5. The molecule has 0 unspecified atom stereocenters. The first-order chi connectivity index (χ1) is 12.7. The molecule has 130 valence electrons. The van der Waals surface area contributed by atoms with Gasteiger partial charge >= 0.3 is 0 Å². The highest BCUT2D eigenvalue weighted by Crippen LogP contribution is 2.33. The molecule has 0 bridgehead atoms. The van der Waals surface area contributed by atoms with Crippen LogP contribution in [-0.2, 0) is 6.54 Å². The summed E-state index contributed by atoms with van der Waals surface area (Å²) in [6, 6.07) is 11.1. The maximum atomic E-state index is 12.7. The van der Waals surface area contributed by atoms with E-state index in [9.17, 15) is 4.79 Å². The third-order valence-corrected chi connectivity index (χ3v) is 4.95. The summed E-state index contributed by atoms with van der Waals surface area (Å²) in [4.78, 5) is 17.4. The van der Waals surface area contributed by atoms with Gasteiger partial charge in [-0.05, 0) is 54.0 Å². The van der Waals surface area contributed by atoms with Crippen LogP contribution in [0.1, 0.15) is 17.8 Å². The zero-order chi connectivity index (χ0) is 17.7. The summed E-state index contributed by atoms with van der Waals surface area (Å²) < 4.78 is 12.9. The van der Waals surface area contributed by atoms with Crippen molar-refractivity contribution in [3.63, 3.8) is 0 Å². The lowest BCUT2D eigenvalue weighted by Crippen LogP contribution is -2.20. The zero-order valence-corrected chi connectivity index (χ0v) is 14.6. The number of nitrogens with zero attached hydrogens (tertiary/aromatic N) is 2. The molecule has 1 aromatic heterocycles. The van der Waals surface area contributed by atoms with E-state index < -0.39 is 0 Å². The van der Waals surface area contributed by atoms with Crippen molar-refractivity contribution in [1.29, 1.82) is 0 Å². The zero-order valence-electron chi connectivity index (χ0n) is 13.9. The van der Waals surface area contributed by atoms with Gasteiger partial charge in [0.25, 0.3) is 5.56 Å². The number of ether oxygens (including phenoxy) is 2. The van der Waals surface area contributed by atoms with Crippen LogP contribution in [0.15, 0.2) is 41.2 Å². The third kappa shape index (κ3) is 2.47. The highest BCUT2D eigenvalue weighted by atomic mass is 35.5. The van der Waals surface area contributed by atoms with Crippen LogP contribution in [0.5, 0.6) is 11.5 Å². The maximum Gasteiger partial charge on any atom is 0.261 e. The minimum atomic E-state index is -0.0211. The van der Waals surface area contributed by atoms with Crippen molar-refractivity contribution in [2.45, 2.75) is 13.0 Å². The Morgan fingerprint density at radius 2 is 1.92 bits per heavy atom. The number of rotatable bonds is 1. The van der Waals surface area contributed by atoms with E-state index in [1.165, 1.54) is 0 Å². The lowest BCUT2D eigenvalue weighted by Gasteiger charge is -2.18. The van der Waals surface area contributed by atoms with E-state index in [0.29, 0.717) is 41.5 Å². The van der Waals surface area contributed by atoms with Crippen molar-refractivity contribution in [1.82, 2.24) is 9.55 Å². The molecule has 5 nitrogen and oxygen atoms in total. The van der Waals surface area contributed by atoms with Gasteiger partial charge in [-0.25, -0.2) is 4.98 Å². The van der Waals surface area contributed by atoms with Crippen LogP contribution in [0.4, 0.5) is 0 Å². The summed E-state index contributed by atoms with van der Waals surface area (Å²) in [6.07, 6.45) is 2.82. The lowest BCUT2D eigenvalue weighted by molar-refractivity contribution is 0.171. The van der Waals surface area contributed by atoms with Crippen LogP contribution >= 0.6 is 11.6 Å². The molecule has 5 rings (SSSR count). The molecule has 0 spiro atoms. The SMILES string of the molecule is O=c1c2ccc(Cl)cc2nc2n1CC/C2=C/c1ccc2c(c1)OCCO2. The summed E-state index contributed by atoms with van der Waals surface area (Å²) in [6.45, 7) is 1.76. The first-order valence-electron chi connectivity index (χ1n) is 8.50. The van der Waals surface area contributed by atoms with Gasteiger partial charge in [0.2, 0.25) is 0 Å². The molecule has 0 amide bonds. The van der Waals surface area contributed by atoms with Gasteiger partial charge in [0.15, 0.2) is 11.5 Å². The average molecular weight is 367 g/mol. The Hall–Kier alpha value is -2.79. The van der Waals surface area contributed by atoms with E-state index >= 15 is 0 Å². The monoisotopic (exact) mass is 366 g/mol. The first-order valence-corrected chi connectivity index (χ1v) is 8.87. The molecule has 0 atom stereocenters. The molecule has 6 heteroatoms. The van der Waals surface area contributed by atoms with Gasteiger partial charge in [-0.1, -0.05) is 17.7 Å². The smallest absolute Gasteiger partial charge is 0.261 e. The highest BCUT2D eigenvalue weighted by molar-refractivity contribution is 6.31. The summed E-state index contributed by atoms with van der Waals surface area (Å²) in [5.74, 6) is 2.22. The molecular formula is C20H15ClN2O3. The molecule has 2 aliphatic heterocycles. The Labute approximate surface area is 154 Å². The summed E-state index contributed by atoms with van der Waals surface area (Å²) >= 11 is 6.07. The van der Waals surface area contributed by atoms with Crippen molar-refractivity contribution < 1.29 is 9.47 Å². The fraction of sp³-hybridized carbons (Fsp3) is 0.200. The number of benzene rings is 2. The fourth-order valence-corrected chi connectivity index (χ4v) is 3.64. The molecule has 0 radical (unpaired) electrons. The number of hydrogen-bond donors (Lipinski definition) is 0. The molecule has 26 heavy (non-hydrogen) atoms. The molecule has 0 N–H and O–H groups in total. The van der Waals surface area contributed by atoms with Crippen molar-refractivity contribution >= 4 is 34.2 Å². The Balaban J connectivity index is 1.62. The molecule has 3 heterocycles. The van der Waals surface area contributed by atoms with Gasteiger partial charge < -0.3 is 9.47 Å². The topological polar surface area (TPSA) is 53.4 Å². The van der Waals surface area contributed by atoms with Crippen molar-refractivity contribution in [2.24, 2.45) is 0 Å². The summed E-state index contributed by atoms with van der Waals surface area (Å²) in [5.41, 5.74) is 2.63. The van der Waals surface area contributed by atoms with E-state index in [2.05, 4.69) is 6.08 Å². The maximum absolute atomic E-state index is 12.7. The van der Waals surface area contributed by atoms with Crippen LogP contribution in [0.3, 0.4) is 0 Å². The van der Waals surface area contributed by atoms with E-state index in [1.807, 2.05) is 18.2 Å². The number of allylic oxidation sites excluding steroid dienone is 1. The molecule has 0 fully saturated rings. The Morgan fingerprint density at radius 1 is 1.08 bits per heavy atom. The molecule has 2 aliphatic rings. The van der Waals surface area contributed by atoms with E-state index in [1.54, 1.807) is 22.8 Å². The second kappa shape index (κ2) is 5.88. The van der Waals surface area contributed by atoms with Crippen LogP contribution in [-0.4, -0.2) is 22.8 Å². The predicted molar refractivity (Wildman–Crippen MR) is 101 cm³/mol. The molecule has 0 aliphatic carbocycles. The highest BCUT2D eigenvalue weighted by Gasteiger charge is 2.21. The summed E-state index contributed by atoms with van der Waals surface area (Å²) in [5, 5.41) is 1.17. The van der Waals surface area contributed by atoms with Gasteiger partial charge in [-0.3, -0.25) is 9.36 Å². The van der Waals surface area contributed by atoms with Crippen LogP contribution in [0.25, 0.3) is 22.6 Å². The molecule has 0 saturated carbocycles. The Morgan fingerprint density at radius 3 is 2.81 bits per heavy atom. The second-order valence-electron chi connectivity index (χ2n) is 6.38. The fourth-order valence-electron chi connectivity index (χ4n) is 3.48. The number of hydrogen-bond acceptors (Lipinski definition) is 4. The van der Waals surface area contributed by atoms with Crippen LogP contribution in [0.2, 0.25) is 5.02 Å². The van der Waals surface area contributed by atoms with E-state index in [0.717, 1.165) is 29.1 Å². The molecular weight excluding hydrogens is 352 g/mol. The minimum Gasteiger partial charge on any atom is -0.486 e. The molecule has 2 aromatic carbocycles. The van der Waals surface area contributed by atoms with Crippen molar-refractivity contribution in [2.75, 3.05) is 13.2 Å². The van der Waals surface area contributed by atoms with E-state index in [4.69, 9.17) is 26.1 Å². The van der Waals surface area contributed by atoms with Gasteiger partial charge in [-0.2, -0.15) is 0 Å². The van der Waals surface area contributed by atoms with Crippen molar-refractivity contribution in [3.05, 3.63) is 63.2 Å². The quantitative estimate of drug-likeness (QED) is 0.658. The van der Waals surface area contributed by atoms with Gasteiger partial charge in [0, 0.05) is 11.6 Å². The minimum absolute atomic E-state index is 0.0211. The van der Waals surface area contributed by atoms with Crippen molar-refractivity contribution in [3.8, 4) is 11.5 Å². The number of halogens is 1. The standard InChI is InChI=1S/C20H15ClN2O3/c21-14-2-3-15-16(11-14)22-19-13(5-6-23(19)20(15)24)9-12-1-4-17-18(10-12)26-8-7-25-17/h1-4,9-11H,5-8H2/b13-9-. The average Bonchev–Trinajstić information content (AvgIpc) is 3.04. The predicted octanol–water partition coefficient (Wildman–Crippen LogP) is 3.77. The van der Waals surface area contributed by atoms with Gasteiger partial charge in [-0.15, -0.1) is 0 Å².